The van der Waals surface area contributed by atoms with Gasteiger partial charge in [0.1, 0.15) is 11.1 Å². The minimum absolute atomic E-state index is 0.149. The number of methoxy groups -OCH3 is 1. The van der Waals surface area contributed by atoms with Gasteiger partial charge >= 0.3 is 0 Å². The monoisotopic (exact) mass is 294 g/mol. The molecule has 1 aliphatic rings. The minimum Gasteiger partial charge on any atom is -0.497 e. The quantitative estimate of drug-likeness (QED) is 0.805. The largest absolute Gasteiger partial charge is 0.497 e. The summed E-state index contributed by atoms with van der Waals surface area (Å²) in [4.78, 5) is 16.2. The maximum atomic E-state index is 12.0. The summed E-state index contributed by atoms with van der Waals surface area (Å²) in [5.74, 6) is 1.68. The highest BCUT2D eigenvalue weighted by molar-refractivity contribution is 8.00. The summed E-state index contributed by atoms with van der Waals surface area (Å²) in [6.45, 7) is 1.82. The standard InChI is InChI=1S/C15H22N2O2S/c1-16(2)9-4-10-17-14(18)11-20-15(17)12-5-7-13(19-3)8-6-12/h5-8,15H,4,9-11H2,1-3H3/t15-/m0/s1. The topological polar surface area (TPSA) is 32.8 Å². The van der Waals surface area contributed by atoms with Crippen molar-refractivity contribution in [1.82, 2.24) is 9.80 Å². The fourth-order valence-corrected chi connectivity index (χ4v) is 3.52. The molecule has 0 aliphatic carbocycles. The number of hydrogen-bond acceptors (Lipinski definition) is 4. The predicted molar refractivity (Wildman–Crippen MR) is 83.1 cm³/mol. The van der Waals surface area contributed by atoms with Crippen LogP contribution in [-0.4, -0.2) is 55.8 Å². The van der Waals surface area contributed by atoms with Gasteiger partial charge in [-0.05, 0) is 44.8 Å². The number of rotatable bonds is 6. The van der Waals surface area contributed by atoms with Crippen molar-refractivity contribution in [2.75, 3.05) is 40.0 Å². The van der Waals surface area contributed by atoms with Crippen LogP contribution < -0.4 is 4.74 Å². The van der Waals surface area contributed by atoms with Crippen LogP contribution >= 0.6 is 11.8 Å². The summed E-state index contributed by atoms with van der Waals surface area (Å²) < 4.78 is 5.18. The number of ether oxygens (including phenoxy) is 1. The molecule has 0 N–H and O–H groups in total. The number of benzene rings is 1. The second-order valence-corrected chi connectivity index (χ2v) is 6.25. The van der Waals surface area contributed by atoms with Gasteiger partial charge in [0, 0.05) is 6.54 Å². The van der Waals surface area contributed by atoms with Gasteiger partial charge in [-0.1, -0.05) is 12.1 Å². The van der Waals surface area contributed by atoms with E-state index < -0.39 is 0 Å². The molecule has 0 aromatic heterocycles. The van der Waals surface area contributed by atoms with E-state index in [1.54, 1.807) is 18.9 Å². The van der Waals surface area contributed by atoms with E-state index in [-0.39, 0.29) is 11.3 Å². The maximum absolute atomic E-state index is 12.0. The van der Waals surface area contributed by atoms with Crippen LogP contribution in [0.25, 0.3) is 0 Å². The van der Waals surface area contributed by atoms with Crippen molar-refractivity contribution in [3.8, 4) is 5.75 Å². The fourth-order valence-electron chi connectivity index (χ4n) is 2.30. The lowest BCUT2D eigenvalue weighted by Crippen LogP contribution is -2.31. The Morgan fingerprint density at radius 2 is 2.05 bits per heavy atom. The molecule has 0 saturated carbocycles. The summed E-state index contributed by atoms with van der Waals surface area (Å²) in [7, 11) is 5.78. The normalized spacial score (nSPS) is 18.9. The van der Waals surface area contributed by atoms with Crippen LogP contribution in [0, 0.1) is 0 Å². The molecule has 1 saturated heterocycles. The lowest BCUT2D eigenvalue weighted by Gasteiger charge is -2.25. The van der Waals surface area contributed by atoms with Crippen molar-refractivity contribution in [3.05, 3.63) is 29.8 Å². The highest BCUT2D eigenvalue weighted by Crippen LogP contribution is 2.38. The molecule has 1 amide bonds. The van der Waals surface area contributed by atoms with Crippen molar-refractivity contribution in [3.63, 3.8) is 0 Å². The SMILES string of the molecule is COc1ccc([C@@H]2SCC(=O)N2CCCN(C)C)cc1. The number of carbonyl (C=O) groups excluding carboxylic acids is 1. The van der Waals surface area contributed by atoms with Gasteiger partial charge < -0.3 is 14.5 Å². The van der Waals surface area contributed by atoms with Crippen LogP contribution in [-0.2, 0) is 4.79 Å². The Hall–Kier alpha value is -1.20. The Kier molecular flexibility index (Phi) is 5.31. The fraction of sp³-hybridized carbons (Fsp3) is 0.533. The molecule has 1 atom stereocenters. The van der Waals surface area contributed by atoms with E-state index in [1.165, 1.54) is 5.56 Å². The van der Waals surface area contributed by atoms with Gasteiger partial charge in [-0.25, -0.2) is 0 Å². The Bertz CT molecular complexity index is 448. The third kappa shape index (κ3) is 3.67. The van der Waals surface area contributed by atoms with Gasteiger partial charge in [0.2, 0.25) is 5.91 Å². The molecule has 0 spiro atoms. The average molecular weight is 294 g/mol. The molecule has 5 heteroatoms. The highest BCUT2D eigenvalue weighted by Gasteiger charge is 2.32. The van der Waals surface area contributed by atoms with Crippen molar-refractivity contribution < 1.29 is 9.53 Å². The Morgan fingerprint density at radius 1 is 1.35 bits per heavy atom. The van der Waals surface area contributed by atoms with Gasteiger partial charge in [-0.3, -0.25) is 4.79 Å². The van der Waals surface area contributed by atoms with E-state index in [0.717, 1.165) is 25.3 Å². The molecular weight excluding hydrogens is 272 g/mol. The molecule has 1 aromatic carbocycles. The summed E-state index contributed by atoms with van der Waals surface area (Å²) in [5.41, 5.74) is 1.17. The average Bonchev–Trinajstić information content (AvgIpc) is 2.80. The number of carbonyl (C=O) groups is 1. The summed E-state index contributed by atoms with van der Waals surface area (Å²) >= 11 is 1.71. The zero-order valence-electron chi connectivity index (χ0n) is 12.3. The van der Waals surface area contributed by atoms with Crippen molar-refractivity contribution in [2.24, 2.45) is 0 Å². The molecule has 4 nitrogen and oxygen atoms in total. The van der Waals surface area contributed by atoms with Gasteiger partial charge in [0.25, 0.3) is 0 Å². The van der Waals surface area contributed by atoms with E-state index in [2.05, 4.69) is 19.0 Å². The second-order valence-electron chi connectivity index (χ2n) is 5.18. The molecule has 1 aromatic rings. The predicted octanol–water partition coefficient (Wildman–Crippen LogP) is 2.22. The third-order valence-electron chi connectivity index (χ3n) is 3.37. The zero-order chi connectivity index (χ0) is 14.5. The van der Waals surface area contributed by atoms with Gasteiger partial charge in [-0.2, -0.15) is 0 Å². The van der Waals surface area contributed by atoms with Gasteiger partial charge in [0.05, 0.1) is 12.9 Å². The van der Waals surface area contributed by atoms with E-state index in [9.17, 15) is 4.79 Å². The molecule has 0 bridgehead atoms. The second kappa shape index (κ2) is 6.99. The molecule has 1 heterocycles. The van der Waals surface area contributed by atoms with E-state index in [1.807, 2.05) is 29.2 Å². The third-order valence-corrected chi connectivity index (χ3v) is 4.63. The number of thioether (sulfide) groups is 1. The first-order valence-corrected chi connectivity index (χ1v) is 7.86. The lowest BCUT2D eigenvalue weighted by atomic mass is 10.2. The molecule has 20 heavy (non-hydrogen) atoms. The van der Waals surface area contributed by atoms with Crippen LogP contribution in [0.2, 0.25) is 0 Å². The van der Waals surface area contributed by atoms with Crippen LogP contribution in [0.4, 0.5) is 0 Å². The molecular formula is C15H22N2O2S. The molecule has 110 valence electrons. The highest BCUT2D eigenvalue weighted by atomic mass is 32.2. The summed E-state index contributed by atoms with van der Waals surface area (Å²) in [5, 5.41) is 0.149. The molecule has 0 unspecified atom stereocenters. The first-order valence-electron chi connectivity index (χ1n) is 6.81. The van der Waals surface area contributed by atoms with Crippen molar-refractivity contribution >= 4 is 17.7 Å². The van der Waals surface area contributed by atoms with Crippen molar-refractivity contribution in [2.45, 2.75) is 11.8 Å². The number of hydrogen-bond donors (Lipinski definition) is 0. The summed E-state index contributed by atoms with van der Waals surface area (Å²) in [6.07, 6.45) is 1.01. The minimum atomic E-state index is 0.149. The summed E-state index contributed by atoms with van der Waals surface area (Å²) in [6, 6.07) is 8.01. The Balaban J connectivity index is 2.02. The van der Waals surface area contributed by atoms with Crippen LogP contribution in [0.15, 0.2) is 24.3 Å². The molecule has 2 rings (SSSR count). The number of nitrogens with zero attached hydrogens (tertiary/aromatic N) is 2. The zero-order valence-corrected chi connectivity index (χ0v) is 13.2. The van der Waals surface area contributed by atoms with Crippen molar-refractivity contribution in [1.29, 1.82) is 0 Å². The van der Waals surface area contributed by atoms with Crippen LogP contribution in [0.5, 0.6) is 5.75 Å². The Morgan fingerprint density at radius 3 is 2.65 bits per heavy atom. The molecule has 1 fully saturated rings. The van der Waals surface area contributed by atoms with E-state index >= 15 is 0 Å². The van der Waals surface area contributed by atoms with Crippen LogP contribution in [0.1, 0.15) is 17.4 Å². The van der Waals surface area contributed by atoms with Gasteiger partial charge in [-0.15, -0.1) is 11.8 Å². The van der Waals surface area contributed by atoms with E-state index in [0.29, 0.717) is 5.75 Å². The molecule has 0 radical (unpaired) electrons. The van der Waals surface area contributed by atoms with Gasteiger partial charge in [0.15, 0.2) is 0 Å². The maximum Gasteiger partial charge on any atom is 0.233 e. The lowest BCUT2D eigenvalue weighted by molar-refractivity contribution is -0.128. The smallest absolute Gasteiger partial charge is 0.233 e. The Labute approximate surface area is 125 Å². The molecule has 1 aliphatic heterocycles. The first-order chi connectivity index (χ1) is 9.61. The first kappa shape index (κ1) is 15.2. The number of amides is 1. The van der Waals surface area contributed by atoms with E-state index in [4.69, 9.17) is 4.74 Å². The van der Waals surface area contributed by atoms with Crippen LogP contribution in [0.3, 0.4) is 0 Å².